The minimum absolute atomic E-state index is 0.0864. The Morgan fingerprint density at radius 2 is 1.33 bits per heavy atom. The standard InChI is InChI=1S/C43H65NO3Si/c1-12-31(6)28-39(41(13-2)47-48(14-3,15-4)16-5)43(45)46-42(37-23-18-17-19-24-37)36(11)44(29-38-25-21-20-22-33(38)8)30-40-34(9)26-32(7)27-35(40)10/h17-27,31,36,39,41-42H,12-16,28-30H2,1-11H3/t31-,36-,39+,41+,42-/m0/s1. The molecule has 0 saturated heterocycles. The number of nitrogens with zero attached hydrogens (tertiary/aromatic N) is 1. The van der Waals surface area contributed by atoms with Crippen LogP contribution in [-0.2, 0) is 27.0 Å². The molecule has 0 amide bonds. The molecule has 48 heavy (non-hydrogen) atoms. The second-order valence-corrected chi connectivity index (χ2v) is 19.1. The predicted octanol–water partition coefficient (Wildman–Crippen LogP) is 11.4. The highest BCUT2D eigenvalue weighted by Gasteiger charge is 2.40. The van der Waals surface area contributed by atoms with E-state index >= 15 is 0 Å². The monoisotopic (exact) mass is 671 g/mol. The maximum Gasteiger partial charge on any atom is 0.312 e. The van der Waals surface area contributed by atoms with Crippen molar-refractivity contribution in [3.63, 3.8) is 0 Å². The molecule has 3 rings (SSSR count). The Bertz CT molecular complexity index is 1390. The molecule has 0 saturated carbocycles. The number of ether oxygens (including phenoxy) is 1. The van der Waals surface area contributed by atoms with Gasteiger partial charge in [0, 0.05) is 19.1 Å². The van der Waals surface area contributed by atoms with Crippen LogP contribution in [0.15, 0.2) is 66.7 Å². The molecule has 0 heterocycles. The Hall–Kier alpha value is -2.73. The molecule has 0 spiro atoms. The van der Waals surface area contributed by atoms with Gasteiger partial charge in [-0.3, -0.25) is 9.69 Å². The summed E-state index contributed by atoms with van der Waals surface area (Å²) in [5.74, 6) is -0.0160. The molecular weight excluding hydrogens is 607 g/mol. The highest BCUT2D eigenvalue weighted by atomic mass is 28.4. The minimum Gasteiger partial charge on any atom is -0.456 e. The number of hydrogen-bond donors (Lipinski definition) is 0. The molecule has 264 valence electrons. The van der Waals surface area contributed by atoms with E-state index < -0.39 is 14.4 Å². The number of rotatable bonds is 19. The summed E-state index contributed by atoms with van der Waals surface area (Å²) in [5.41, 5.74) is 8.81. The summed E-state index contributed by atoms with van der Waals surface area (Å²) in [4.78, 5) is 17.2. The van der Waals surface area contributed by atoms with E-state index in [9.17, 15) is 4.79 Å². The van der Waals surface area contributed by atoms with Crippen LogP contribution >= 0.6 is 0 Å². The van der Waals surface area contributed by atoms with Gasteiger partial charge in [-0.1, -0.05) is 120 Å². The SMILES string of the molecule is CC[C@H](C)C[C@@H](C(=O)O[C@H](c1ccccc1)[C@H](C)N(Cc1ccccc1C)Cc1c(C)cc(C)cc1C)[C@@H](CC)O[Si](CC)(CC)CC. The molecule has 0 aromatic heterocycles. The van der Waals surface area contributed by atoms with Crippen molar-refractivity contribution < 1.29 is 14.0 Å². The van der Waals surface area contributed by atoms with Gasteiger partial charge in [-0.25, -0.2) is 0 Å². The Morgan fingerprint density at radius 3 is 1.88 bits per heavy atom. The predicted molar refractivity (Wildman–Crippen MR) is 206 cm³/mol. The molecular formula is C43H65NO3Si. The van der Waals surface area contributed by atoms with Crippen molar-refractivity contribution in [2.75, 3.05) is 0 Å². The summed E-state index contributed by atoms with van der Waals surface area (Å²) in [6, 6.07) is 26.7. The number of hydrogen-bond acceptors (Lipinski definition) is 4. The first kappa shape index (κ1) is 39.7. The molecule has 5 heteroatoms. The third-order valence-corrected chi connectivity index (χ3v) is 15.7. The average Bonchev–Trinajstić information content (AvgIpc) is 3.09. The van der Waals surface area contributed by atoms with Crippen LogP contribution in [0.2, 0.25) is 18.1 Å². The van der Waals surface area contributed by atoms with Crippen LogP contribution in [0, 0.1) is 39.5 Å². The first-order chi connectivity index (χ1) is 22.9. The van der Waals surface area contributed by atoms with Gasteiger partial charge in [0.2, 0.25) is 0 Å². The van der Waals surface area contributed by atoms with Crippen LogP contribution < -0.4 is 0 Å². The van der Waals surface area contributed by atoms with E-state index in [1.807, 2.05) is 6.07 Å². The van der Waals surface area contributed by atoms with Gasteiger partial charge < -0.3 is 9.16 Å². The summed E-state index contributed by atoms with van der Waals surface area (Å²) >= 11 is 0. The number of aryl methyl sites for hydroxylation is 4. The fraction of sp³-hybridized carbons (Fsp3) is 0.558. The molecule has 3 aromatic rings. The molecule has 0 N–H and O–H groups in total. The Balaban J connectivity index is 2.08. The highest BCUT2D eigenvalue weighted by molar-refractivity contribution is 6.73. The van der Waals surface area contributed by atoms with E-state index in [-0.39, 0.29) is 24.0 Å². The summed E-state index contributed by atoms with van der Waals surface area (Å²) in [6.45, 7) is 26.0. The molecule has 0 bridgehead atoms. The first-order valence-corrected chi connectivity index (χ1v) is 21.2. The molecule has 3 aromatic carbocycles. The summed E-state index contributed by atoms with van der Waals surface area (Å²) < 4.78 is 13.9. The molecule has 0 radical (unpaired) electrons. The topological polar surface area (TPSA) is 38.8 Å². The quantitative estimate of drug-likeness (QED) is 0.0939. The lowest BCUT2D eigenvalue weighted by atomic mass is 9.88. The molecule has 0 aliphatic heterocycles. The number of carbonyl (C=O) groups is 1. The van der Waals surface area contributed by atoms with Crippen LogP contribution in [-0.4, -0.2) is 31.3 Å². The highest BCUT2D eigenvalue weighted by Crippen LogP contribution is 2.35. The van der Waals surface area contributed by atoms with Crippen LogP contribution in [0.4, 0.5) is 0 Å². The average molecular weight is 672 g/mol. The van der Waals surface area contributed by atoms with Crippen molar-refractivity contribution >= 4 is 14.3 Å². The van der Waals surface area contributed by atoms with Gasteiger partial charge in [0.1, 0.15) is 6.10 Å². The van der Waals surface area contributed by atoms with E-state index in [1.54, 1.807) is 0 Å². The lowest BCUT2D eigenvalue weighted by Gasteiger charge is -2.39. The molecule has 0 aliphatic carbocycles. The van der Waals surface area contributed by atoms with Gasteiger partial charge in [0.25, 0.3) is 0 Å². The van der Waals surface area contributed by atoms with Gasteiger partial charge in [0.05, 0.1) is 12.0 Å². The van der Waals surface area contributed by atoms with Crippen molar-refractivity contribution in [3.05, 3.63) is 106 Å². The van der Waals surface area contributed by atoms with E-state index in [0.717, 1.165) is 56.0 Å². The zero-order valence-corrected chi connectivity index (χ0v) is 33.1. The summed E-state index contributed by atoms with van der Waals surface area (Å²) in [5, 5.41) is 0. The van der Waals surface area contributed by atoms with E-state index in [1.165, 1.54) is 33.4 Å². The third-order valence-electron chi connectivity index (χ3n) is 11.1. The fourth-order valence-electron chi connectivity index (χ4n) is 7.28. The van der Waals surface area contributed by atoms with E-state index in [4.69, 9.17) is 9.16 Å². The normalized spacial score (nSPS) is 15.2. The Kier molecular flexibility index (Phi) is 15.6. The van der Waals surface area contributed by atoms with Gasteiger partial charge in [0.15, 0.2) is 8.32 Å². The lowest BCUT2D eigenvalue weighted by Crippen LogP contribution is -2.45. The fourth-order valence-corrected chi connectivity index (χ4v) is 10.2. The molecule has 5 atom stereocenters. The number of carbonyl (C=O) groups excluding carboxylic acids is 1. The summed E-state index contributed by atoms with van der Waals surface area (Å²) in [6.07, 6.45) is 2.04. The molecule has 4 nitrogen and oxygen atoms in total. The van der Waals surface area contributed by atoms with Crippen molar-refractivity contribution in [2.24, 2.45) is 11.8 Å². The van der Waals surface area contributed by atoms with E-state index in [0.29, 0.717) is 5.92 Å². The second kappa shape index (κ2) is 18.9. The zero-order valence-electron chi connectivity index (χ0n) is 32.1. The second-order valence-electron chi connectivity index (χ2n) is 14.4. The van der Waals surface area contributed by atoms with Crippen LogP contribution in [0.25, 0.3) is 0 Å². The van der Waals surface area contributed by atoms with Crippen molar-refractivity contribution in [2.45, 2.75) is 145 Å². The Labute approximate surface area is 294 Å². The molecule has 0 aliphatic rings. The van der Waals surface area contributed by atoms with Crippen LogP contribution in [0.3, 0.4) is 0 Å². The smallest absolute Gasteiger partial charge is 0.312 e. The van der Waals surface area contributed by atoms with Gasteiger partial charge in [-0.05, 0) is 105 Å². The van der Waals surface area contributed by atoms with Crippen molar-refractivity contribution in [3.8, 4) is 0 Å². The Morgan fingerprint density at radius 1 is 0.750 bits per heavy atom. The van der Waals surface area contributed by atoms with Crippen LogP contribution in [0.5, 0.6) is 0 Å². The molecule has 0 fully saturated rings. The number of esters is 1. The van der Waals surface area contributed by atoms with Crippen LogP contribution in [0.1, 0.15) is 113 Å². The lowest BCUT2D eigenvalue weighted by molar-refractivity contribution is -0.163. The first-order valence-electron chi connectivity index (χ1n) is 18.7. The molecule has 0 unspecified atom stereocenters. The largest absolute Gasteiger partial charge is 0.456 e. The van der Waals surface area contributed by atoms with Gasteiger partial charge in [-0.15, -0.1) is 0 Å². The van der Waals surface area contributed by atoms with Gasteiger partial charge >= 0.3 is 5.97 Å². The van der Waals surface area contributed by atoms with E-state index in [2.05, 4.69) is 142 Å². The summed E-state index contributed by atoms with van der Waals surface area (Å²) in [7, 11) is -1.94. The van der Waals surface area contributed by atoms with Crippen molar-refractivity contribution in [1.29, 1.82) is 0 Å². The maximum absolute atomic E-state index is 14.7. The van der Waals surface area contributed by atoms with Crippen molar-refractivity contribution in [1.82, 2.24) is 4.90 Å². The van der Waals surface area contributed by atoms with Gasteiger partial charge in [-0.2, -0.15) is 0 Å². The third kappa shape index (κ3) is 10.4. The zero-order chi connectivity index (χ0) is 35.4. The maximum atomic E-state index is 14.7. The minimum atomic E-state index is -1.94. The number of benzene rings is 3.